The van der Waals surface area contributed by atoms with Crippen molar-refractivity contribution in [2.45, 2.75) is 45.1 Å². The maximum Gasteiger partial charge on any atom is 0.226 e. The molecule has 3 N–H and O–H groups in total. The molecular weight excluding hydrogens is 278 g/mol. The number of carbonyl (C=O) groups excluding carboxylic acids is 1. The molecule has 4 heteroatoms. The Labute approximate surface area is 130 Å². The Kier molecular flexibility index (Phi) is 3.10. The highest BCUT2D eigenvalue weighted by molar-refractivity contribution is 5.83. The van der Waals surface area contributed by atoms with E-state index in [-0.39, 0.29) is 22.8 Å². The fourth-order valence-electron chi connectivity index (χ4n) is 5.45. The second-order valence-corrected chi connectivity index (χ2v) is 7.69. The summed E-state index contributed by atoms with van der Waals surface area (Å²) in [4.78, 5) is 12.8. The second kappa shape index (κ2) is 4.90. The van der Waals surface area contributed by atoms with Crippen molar-refractivity contribution in [3.8, 4) is 11.5 Å². The summed E-state index contributed by atoms with van der Waals surface area (Å²) in [6.07, 6.45) is 7.12. The summed E-state index contributed by atoms with van der Waals surface area (Å²) in [6, 6.07) is 4.50. The van der Waals surface area contributed by atoms with Crippen molar-refractivity contribution in [3.63, 3.8) is 0 Å². The van der Waals surface area contributed by atoms with Crippen LogP contribution in [0.15, 0.2) is 18.2 Å². The van der Waals surface area contributed by atoms with Gasteiger partial charge in [-0.2, -0.15) is 0 Å². The van der Waals surface area contributed by atoms with Crippen LogP contribution in [0.5, 0.6) is 11.5 Å². The Morgan fingerprint density at radius 3 is 2.23 bits per heavy atom. The average Bonchev–Trinajstić information content (AvgIpc) is 2.44. The summed E-state index contributed by atoms with van der Waals surface area (Å²) in [6.45, 7) is 0.326. The Hall–Kier alpha value is -1.71. The normalized spacial score (nSPS) is 35.5. The predicted molar refractivity (Wildman–Crippen MR) is 82.2 cm³/mol. The summed E-state index contributed by atoms with van der Waals surface area (Å²) < 4.78 is 0. The molecule has 1 aromatic rings. The zero-order valence-electron chi connectivity index (χ0n) is 12.7. The van der Waals surface area contributed by atoms with Gasteiger partial charge in [0.25, 0.3) is 0 Å². The first kappa shape index (κ1) is 13.9. The molecule has 0 unspecified atom stereocenters. The first-order valence-corrected chi connectivity index (χ1v) is 8.33. The van der Waals surface area contributed by atoms with E-state index in [0.717, 1.165) is 37.0 Å². The van der Waals surface area contributed by atoms with Crippen LogP contribution in [0.4, 0.5) is 0 Å². The van der Waals surface area contributed by atoms with Crippen LogP contribution in [0.25, 0.3) is 0 Å². The van der Waals surface area contributed by atoms with Crippen LogP contribution in [0, 0.1) is 23.2 Å². The van der Waals surface area contributed by atoms with Gasteiger partial charge in [-0.1, -0.05) is 0 Å². The first-order chi connectivity index (χ1) is 10.5. The van der Waals surface area contributed by atoms with Crippen LogP contribution < -0.4 is 5.32 Å². The largest absolute Gasteiger partial charge is 0.508 e. The highest BCUT2D eigenvalue weighted by atomic mass is 16.3. The number of aromatic hydroxyl groups is 2. The van der Waals surface area contributed by atoms with Gasteiger partial charge >= 0.3 is 0 Å². The first-order valence-electron chi connectivity index (χ1n) is 8.33. The molecule has 0 aromatic heterocycles. The Morgan fingerprint density at radius 1 is 1.09 bits per heavy atom. The van der Waals surface area contributed by atoms with Crippen LogP contribution in [-0.2, 0) is 11.3 Å². The lowest BCUT2D eigenvalue weighted by Gasteiger charge is -2.55. The molecule has 0 radical (unpaired) electrons. The SMILES string of the molecule is O=C(NCc1ccc(O)cc1O)C12CC3CC(CC(C3)C1)C2. The molecule has 4 fully saturated rings. The van der Waals surface area contributed by atoms with Crippen molar-refractivity contribution < 1.29 is 15.0 Å². The quantitative estimate of drug-likeness (QED) is 0.804. The molecule has 118 valence electrons. The minimum absolute atomic E-state index is 0.0332. The van der Waals surface area contributed by atoms with E-state index in [4.69, 9.17) is 0 Å². The van der Waals surface area contributed by atoms with Gasteiger partial charge < -0.3 is 15.5 Å². The van der Waals surface area contributed by atoms with Gasteiger partial charge in [-0.3, -0.25) is 4.79 Å². The fraction of sp³-hybridized carbons (Fsp3) is 0.611. The van der Waals surface area contributed by atoms with Gasteiger partial charge in [-0.25, -0.2) is 0 Å². The number of hydrogen-bond donors (Lipinski definition) is 3. The molecule has 4 bridgehead atoms. The van der Waals surface area contributed by atoms with Crippen LogP contribution >= 0.6 is 0 Å². The number of rotatable bonds is 3. The van der Waals surface area contributed by atoms with Gasteiger partial charge in [-0.15, -0.1) is 0 Å². The van der Waals surface area contributed by atoms with E-state index >= 15 is 0 Å². The summed E-state index contributed by atoms with van der Waals surface area (Å²) in [5.41, 5.74) is 0.497. The smallest absolute Gasteiger partial charge is 0.226 e. The lowest BCUT2D eigenvalue weighted by Crippen LogP contribution is -2.53. The fourth-order valence-corrected chi connectivity index (χ4v) is 5.45. The number of phenolic OH excluding ortho intramolecular Hbond substituents is 2. The molecule has 0 atom stereocenters. The maximum absolute atomic E-state index is 12.8. The number of amides is 1. The zero-order valence-corrected chi connectivity index (χ0v) is 12.7. The number of nitrogens with one attached hydrogen (secondary N) is 1. The average molecular weight is 301 g/mol. The summed E-state index contributed by atoms with van der Waals surface area (Å²) in [5.74, 6) is 2.48. The second-order valence-electron chi connectivity index (χ2n) is 7.69. The van der Waals surface area contributed by atoms with Crippen LogP contribution in [0.3, 0.4) is 0 Å². The summed E-state index contributed by atoms with van der Waals surface area (Å²) in [7, 11) is 0. The molecule has 1 amide bonds. The Bertz CT molecular complexity index is 575. The van der Waals surface area contributed by atoms with Gasteiger partial charge in [0, 0.05) is 23.6 Å². The van der Waals surface area contributed by atoms with Gasteiger partial charge in [-0.05, 0) is 68.4 Å². The van der Waals surface area contributed by atoms with Crippen molar-refractivity contribution >= 4 is 5.91 Å². The highest BCUT2D eigenvalue weighted by Gasteiger charge is 2.54. The van der Waals surface area contributed by atoms with Crippen LogP contribution in [-0.4, -0.2) is 16.1 Å². The molecule has 0 saturated heterocycles. The minimum atomic E-state index is -0.151. The molecule has 4 nitrogen and oxygen atoms in total. The van der Waals surface area contributed by atoms with Crippen molar-refractivity contribution in [2.24, 2.45) is 23.2 Å². The van der Waals surface area contributed by atoms with Gasteiger partial charge in [0.15, 0.2) is 0 Å². The molecule has 0 aliphatic heterocycles. The van der Waals surface area contributed by atoms with E-state index in [2.05, 4.69) is 5.32 Å². The molecule has 4 saturated carbocycles. The standard InChI is InChI=1S/C18H23NO3/c20-15-2-1-14(16(21)6-15)10-19-17(22)18-7-11-3-12(8-18)5-13(4-11)9-18/h1-2,6,11-13,20-21H,3-5,7-10H2,(H,19,22). The third-order valence-corrected chi connectivity index (χ3v) is 6.03. The Balaban J connectivity index is 1.46. The van der Waals surface area contributed by atoms with Crippen molar-refractivity contribution in [1.82, 2.24) is 5.32 Å². The monoisotopic (exact) mass is 301 g/mol. The number of benzene rings is 1. The Morgan fingerprint density at radius 2 is 1.68 bits per heavy atom. The molecule has 5 rings (SSSR count). The number of phenols is 2. The summed E-state index contributed by atoms with van der Waals surface area (Å²) in [5, 5.41) is 22.2. The van der Waals surface area contributed by atoms with Gasteiger partial charge in [0.1, 0.15) is 11.5 Å². The van der Waals surface area contributed by atoms with E-state index in [1.165, 1.54) is 31.4 Å². The van der Waals surface area contributed by atoms with Gasteiger partial charge in [0.05, 0.1) is 0 Å². The topological polar surface area (TPSA) is 69.6 Å². The molecular formula is C18H23NO3. The maximum atomic E-state index is 12.8. The third-order valence-electron chi connectivity index (χ3n) is 6.03. The van der Waals surface area contributed by atoms with E-state index in [1.54, 1.807) is 6.07 Å². The number of carbonyl (C=O) groups is 1. The molecule has 0 spiro atoms. The van der Waals surface area contributed by atoms with E-state index in [0.29, 0.717) is 12.1 Å². The number of hydrogen-bond acceptors (Lipinski definition) is 3. The lowest BCUT2D eigenvalue weighted by atomic mass is 9.49. The van der Waals surface area contributed by atoms with Crippen molar-refractivity contribution in [1.29, 1.82) is 0 Å². The predicted octanol–water partition coefficient (Wildman–Crippen LogP) is 2.93. The molecule has 4 aliphatic carbocycles. The highest BCUT2D eigenvalue weighted by Crippen LogP contribution is 2.60. The molecule has 22 heavy (non-hydrogen) atoms. The van der Waals surface area contributed by atoms with Gasteiger partial charge in [0.2, 0.25) is 5.91 Å². The molecule has 1 aromatic carbocycles. The molecule has 0 heterocycles. The van der Waals surface area contributed by atoms with E-state index < -0.39 is 0 Å². The van der Waals surface area contributed by atoms with Crippen molar-refractivity contribution in [2.75, 3.05) is 0 Å². The zero-order chi connectivity index (χ0) is 15.3. The summed E-state index contributed by atoms with van der Waals surface area (Å²) >= 11 is 0. The minimum Gasteiger partial charge on any atom is -0.508 e. The van der Waals surface area contributed by atoms with Crippen molar-refractivity contribution in [3.05, 3.63) is 23.8 Å². The van der Waals surface area contributed by atoms with E-state index in [1.807, 2.05) is 0 Å². The lowest BCUT2D eigenvalue weighted by molar-refractivity contribution is -0.146. The van der Waals surface area contributed by atoms with E-state index in [9.17, 15) is 15.0 Å². The molecule has 4 aliphatic rings. The third kappa shape index (κ3) is 2.25. The van der Waals surface area contributed by atoms with Crippen LogP contribution in [0.1, 0.15) is 44.1 Å². The van der Waals surface area contributed by atoms with Crippen LogP contribution in [0.2, 0.25) is 0 Å².